The van der Waals surface area contributed by atoms with Crippen LogP contribution in [0.15, 0.2) is 53.5 Å². The number of anilines is 1. The van der Waals surface area contributed by atoms with Gasteiger partial charge in [-0.2, -0.15) is 0 Å². The van der Waals surface area contributed by atoms with E-state index in [0.29, 0.717) is 24.7 Å². The van der Waals surface area contributed by atoms with Gasteiger partial charge in [-0.1, -0.05) is 29.8 Å². The third-order valence-electron chi connectivity index (χ3n) is 5.23. The molecule has 2 aromatic rings. The van der Waals surface area contributed by atoms with E-state index >= 15 is 0 Å². The number of aliphatic imine (C=N–C) groups is 1. The summed E-state index contributed by atoms with van der Waals surface area (Å²) >= 11 is 0. The van der Waals surface area contributed by atoms with E-state index in [-0.39, 0.29) is 18.1 Å². The Morgan fingerprint density at radius 2 is 2.00 bits per heavy atom. The highest BCUT2D eigenvalue weighted by Gasteiger charge is 2.23. The van der Waals surface area contributed by atoms with Gasteiger partial charge in [0.25, 0.3) is 0 Å². The van der Waals surface area contributed by atoms with Crippen molar-refractivity contribution in [1.82, 2.24) is 16.0 Å². The maximum absolute atomic E-state index is 13.2. The zero-order chi connectivity index (χ0) is 22.1. The largest absolute Gasteiger partial charge is 0.369 e. The first kappa shape index (κ1) is 22.6. The molecule has 1 unspecified atom stereocenters. The summed E-state index contributed by atoms with van der Waals surface area (Å²) in [5.41, 5.74) is 3.18. The highest BCUT2D eigenvalue weighted by molar-refractivity contribution is 5.80. The van der Waals surface area contributed by atoms with Gasteiger partial charge in [0.05, 0.1) is 13.0 Å². The van der Waals surface area contributed by atoms with E-state index in [9.17, 15) is 9.18 Å². The number of nitrogens with zero attached hydrogens (tertiary/aromatic N) is 2. The highest BCUT2D eigenvalue weighted by atomic mass is 19.1. The van der Waals surface area contributed by atoms with Crippen LogP contribution in [-0.4, -0.2) is 50.6 Å². The van der Waals surface area contributed by atoms with Gasteiger partial charge in [-0.15, -0.1) is 0 Å². The Hall–Kier alpha value is -3.09. The maximum atomic E-state index is 13.2. The fourth-order valence-electron chi connectivity index (χ4n) is 3.64. The average molecular weight is 426 g/mol. The smallest absolute Gasteiger partial charge is 0.224 e. The van der Waals surface area contributed by atoms with Gasteiger partial charge in [0.1, 0.15) is 5.82 Å². The molecule has 0 bridgehead atoms. The lowest BCUT2D eigenvalue weighted by molar-refractivity contribution is -0.120. The van der Waals surface area contributed by atoms with Gasteiger partial charge >= 0.3 is 0 Å². The second kappa shape index (κ2) is 11.3. The third kappa shape index (κ3) is 7.27. The first-order valence-electron chi connectivity index (χ1n) is 10.9. The van der Waals surface area contributed by atoms with Crippen molar-refractivity contribution in [1.29, 1.82) is 0 Å². The number of hydrogen-bond donors (Lipinski definition) is 3. The molecule has 31 heavy (non-hydrogen) atoms. The zero-order valence-electron chi connectivity index (χ0n) is 18.3. The first-order valence-corrected chi connectivity index (χ1v) is 10.9. The molecule has 1 heterocycles. The number of guanidine groups is 1. The van der Waals surface area contributed by atoms with Crippen LogP contribution >= 0.6 is 0 Å². The zero-order valence-corrected chi connectivity index (χ0v) is 18.3. The van der Waals surface area contributed by atoms with Gasteiger partial charge in [0.15, 0.2) is 5.96 Å². The molecule has 1 amide bonds. The van der Waals surface area contributed by atoms with E-state index in [1.54, 1.807) is 12.1 Å². The van der Waals surface area contributed by atoms with Crippen LogP contribution in [0.2, 0.25) is 0 Å². The fourth-order valence-corrected chi connectivity index (χ4v) is 3.64. The van der Waals surface area contributed by atoms with Crippen LogP contribution in [0.5, 0.6) is 0 Å². The molecule has 6 nitrogen and oxygen atoms in total. The van der Waals surface area contributed by atoms with Crippen LogP contribution in [0, 0.1) is 12.7 Å². The number of halogens is 1. The Morgan fingerprint density at radius 3 is 2.74 bits per heavy atom. The second-order valence-corrected chi connectivity index (χ2v) is 7.83. The van der Waals surface area contributed by atoms with Gasteiger partial charge < -0.3 is 20.9 Å². The standard InChI is InChI=1S/C24H32FN5O/c1-3-26-24(28-13-12-27-23(31)16-19-5-4-6-20(25)15-19)29-21-11-14-30(17-21)22-9-7-18(2)8-10-22/h4-10,15,21H,3,11-14,16-17H2,1-2H3,(H,27,31)(H2,26,28,29). The van der Waals surface area contributed by atoms with Gasteiger partial charge in [-0.3, -0.25) is 9.79 Å². The third-order valence-corrected chi connectivity index (χ3v) is 5.23. The van der Waals surface area contributed by atoms with Crippen LogP contribution in [-0.2, 0) is 11.2 Å². The Morgan fingerprint density at radius 1 is 1.19 bits per heavy atom. The molecule has 0 aromatic heterocycles. The summed E-state index contributed by atoms with van der Waals surface area (Å²) in [6.45, 7) is 7.75. The molecule has 1 aliphatic heterocycles. The molecule has 0 aliphatic carbocycles. The minimum atomic E-state index is -0.330. The molecule has 3 N–H and O–H groups in total. The van der Waals surface area contributed by atoms with Gasteiger partial charge in [-0.25, -0.2) is 4.39 Å². The van der Waals surface area contributed by atoms with E-state index in [1.807, 2.05) is 6.92 Å². The van der Waals surface area contributed by atoms with Crippen molar-refractivity contribution >= 4 is 17.6 Å². The topological polar surface area (TPSA) is 68.8 Å². The average Bonchev–Trinajstić information content (AvgIpc) is 3.20. The van der Waals surface area contributed by atoms with Crippen LogP contribution in [0.25, 0.3) is 0 Å². The van der Waals surface area contributed by atoms with E-state index < -0.39 is 0 Å². The molecule has 7 heteroatoms. The number of rotatable bonds is 8. The molecule has 0 spiro atoms. The number of amides is 1. The van der Waals surface area contributed by atoms with Crippen LogP contribution in [0.4, 0.5) is 10.1 Å². The number of hydrogen-bond acceptors (Lipinski definition) is 3. The summed E-state index contributed by atoms with van der Waals surface area (Å²) in [4.78, 5) is 19.0. The Kier molecular flexibility index (Phi) is 8.27. The predicted octanol–water partition coefficient (Wildman–Crippen LogP) is 2.63. The summed E-state index contributed by atoms with van der Waals surface area (Å²) in [5, 5.41) is 9.62. The van der Waals surface area contributed by atoms with E-state index in [0.717, 1.165) is 32.0 Å². The summed E-state index contributed by atoms with van der Waals surface area (Å²) in [7, 11) is 0. The molecule has 3 rings (SSSR count). The Labute approximate surface area is 183 Å². The minimum Gasteiger partial charge on any atom is -0.369 e. The predicted molar refractivity (Wildman–Crippen MR) is 124 cm³/mol. The Bertz CT molecular complexity index is 884. The molecule has 0 saturated carbocycles. The molecule has 1 fully saturated rings. The van der Waals surface area contributed by atoms with Crippen molar-refractivity contribution in [3.8, 4) is 0 Å². The monoisotopic (exact) mass is 425 g/mol. The number of nitrogens with one attached hydrogen (secondary N) is 3. The van der Waals surface area contributed by atoms with Crippen LogP contribution < -0.4 is 20.9 Å². The van der Waals surface area contributed by atoms with Gasteiger partial charge in [-0.05, 0) is 50.1 Å². The highest BCUT2D eigenvalue weighted by Crippen LogP contribution is 2.20. The molecule has 1 aliphatic rings. The van der Waals surface area contributed by atoms with Crippen LogP contribution in [0.3, 0.4) is 0 Å². The SMILES string of the molecule is CCNC(=NCCNC(=O)Cc1cccc(F)c1)NC1CCN(c2ccc(C)cc2)C1. The maximum Gasteiger partial charge on any atom is 0.224 e. The molecule has 0 radical (unpaired) electrons. The van der Waals surface area contributed by atoms with E-state index in [2.05, 4.69) is 57.0 Å². The lowest BCUT2D eigenvalue weighted by Crippen LogP contribution is -2.45. The molecular formula is C24H32FN5O. The van der Waals surface area contributed by atoms with Crippen molar-refractivity contribution in [2.24, 2.45) is 4.99 Å². The van der Waals surface area contributed by atoms with E-state index in [1.165, 1.54) is 23.4 Å². The summed E-state index contributed by atoms with van der Waals surface area (Å²) < 4.78 is 13.2. The molecular weight excluding hydrogens is 393 g/mol. The number of carbonyl (C=O) groups excluding carboxylic acids is 1. The molecule has 1 atom stereocenters. The Balaban J connectivity index is 1.43. The van der Waals surface area contributed by atoms with Crippen molar-refractivity contribution in [2.45, 2.75) is 32.7 Å². The lowest BCUT2D eigenvalue weighted by Gasteiger charge is -2.20. The molecule has 1 saturated heterocycles. The normalized spacial score (nSPS) is 16.3. The fraction of sp³-hybridized carbons (Fsp3) is 0.417. The van der Waals surface area contributed by atoms with Crippen molar-refractivity contribution in [3.63, 3.8) is 0 Å². The second-order valence-electron chi connectivity index (χ2n) is 7.83. The van der Waals surface area contributed by atoms with Crippen molar-refractivity contribution in [3.05, 3.63) is 65.5 Å². The quantitative estimate of drug-likeness (QED) is 0.346. The van der Waals surface area contributed by atoms with Crippen molar-refractivity contribution < 1.29 is 9.18 Å². The number of carbonyl (C=O) groups is 1. The van der Waals surface area contributed by atoms with Crippen molar-refractivity contribution in [2.75, 3.05) is 37.6 Å². The summed E-state index contributed by atoms with van der Waals surface area (Å²) in [6, 6.07) is 15.1. The number of benzene rings is 2. The summed E-state index contributed by atoms with van der Waals surface area (Å²) in [6.07, 6.45) is 1.21. The lowest BCUT2D eigenvalue weighted by atomic mass is 10.1. The molecule has 2 aromatic carbocycles. The summed E-state index contributed by atoms with van der Waals surface area (Å²) in [5.74, 6) is 0.296. The minimum absolute atomic E-state index is 0.136. The molecule has 166 valence electrons. The van der Waals surface area contributed by atoms with Crippen LogP contribution in [0.1, 0.15) is 24.5 Å². The van der Waals surface area contributed by atoms with E-state index in [4.69, 9.17) is 0 Å². The van der Waals surface area contributed by atoms with Gasteiger partial charge in [0, 0.05) is 37.9 Å². The number of aryl methyl sites for hydroxylation is 1. The first-order chi connectivity index (χ1) is 15.0. The van der Waals surface area contributed by atoms with Gasteiger partial charge in [0.2, 0.25) is 5.91 Å².